The number of rotatable bonds is 3. The average molecular weight is 443 g/mol. The molecule has 2 heterocycles. The standard InChI is InChI=1S/C28H30N2O3/c1-18-15-20(17-19-7-9-22(33-2)10-8-19)27-24(16-18)26(23-5-3-4-6-25(23)29-27)28(32)30-13-11-21(31)12-14-30/h3-10,17-18,21,31H,11-16H2,1-2H3/b20-17+. The summed E-state index contributed by atoms with van der Waals surface area (Å²) in [5.41, 5.74) is 5.92. The van der Waals surface area contributed by atoms with Gasteiger partial charge in [0.25, 0.3) is 5.91 Å². The molecule has 2 aromatic carbocycles. The van der Waals surface area contributed by atoms with E-state index in [1.165, 1.54) is 5.57 Å². The summed E-state index contributed by atoms with van der Waals surface area (Å²) < 4.78 is 5.30. The topological polar surface area (TPSA) is 62.7 Å². The Kier molecular flexibility index (Phi) is 5.90. The quantitative estimate of drug-likeness (QED) is 0.623. The first kappa shape index (κ1) is 21.7. The highest BCUT2D eigenvalue weighted by Crippen LogP contribution is 2.39. The number of carbonyl (C=O) groups excluding carboxylic acids is 1. The van der Waals surface area contributed by atoms with Gasteiger partial charge in [0, 0.05) is 18.5 Å². The SMILES string of the molecule is COc1ccc(/C=C2\CC(C)Cc3c2nc2ccccc2c3C(=O)N2CCC(O)CC2)cc1. The van der Waals surface area contributed by atoms with Gasteiger partial charge in [-0.2, -0.15) is 0 Å². The number of hydrogen-bond donors (Lipinski definition) is 1. The molecule has 5 heteroatoms. The van der Waals surface area contributed by atoms with Crippen molar-refractivity contribution in [3.05, 3.63) is 70.9 Å². The molecule has 2 aliphatic rings. The van der Waals surface area contributed by atoms with Crippen LogP contribution in [-0.2, 0) is 6.42 Å². The summed E-state index contributed by atoms with van der Waals surface area (Å²) in [6.45, 7) is 3.43. The lowest BCUT2D eigenvalue weighted by molar-refractivity contribution is 0.0547. The highest BCUT2D eigenvalue weighted by Gasteiger charge is 2.31. The van der Waals surface area contributed by atoms with Crippen LogP contribution in [-0.4, -0.2) is 47.2 Å². The third-order valence-electron chi connectivity index (χ3n) is 6.84. The second-order valence-electron chi connectivity index (χ2n) is 9.31. The van der Waals surface area contributed by atoms with Gasteiger partial charge in [-0.1, -0.05) is 37.3 Å². The van der Waals surface area contributed by atoms with Crippen molar-refractivity contribution in [2.75, 3.05) is 20.2 Å². The number of carbonyl (C=O) groups is 1. The van der Waals surface area contributed by atoms with Gasteiger partial charge >= 0.3 is 0 Å². The zero-order valence-corrected chi connectivity index (χ0v) is 19.3. The van der Waals surface area contributed by atoms with Crippen molar-refractivity contribution in [2.45, 2.75) is 38.7 Å². The van der Waals surface area contributed by atoms with E-state index >= 15 is 0 Å². The molecule has 1 atom stereocenters. The third-order valence-corrected chi connectivity index (χ3v) is 6.84. The van der Waals surface area contributed by atoms with Crippen molar-refractivity contribution >= 4 is 28.5 Å². The number of amides is 1. The second-order valence-corrected chi connectivity index (χ2v) is 9.31. The molecule has 1 aliphatic heterocycles. The maximum atomic E-state index is 13.8. The Morgan fingerprint density at radius 1 is 1.09 bits per heavy atom. The van der Waals surface area contributed by atoms with E-state index in [1.807, 2.05) is 41.3 Å². The van der Waals surface area contributed by atoms with Gasteiger partial charge in [0.15, 0.2) is 0 Å². The zero-order chi connectivity index (χ0) is 22.9. The Morgan fingerprint density at radius 2 is 1.82 bits per heavy atom. The Labute approximate surface area is 194 Å². The van der Waals surface area contributed by atoms with Crippen LogP contribution < -0.4 is 4.74 Å². The summed E-state index contributed by atoms with van der Waals surface area (Å²) in [4.78, 5) is 20.8. The van der Waals surface area contributed by atoms with Gasteiger partial charge in [0.1, 0.15) is 5.75 Å². The number of ether oxygens (including phenoxy) is 1. The third kappa shape index (κ3) is 4.25. The first-order chi connectivity index (χ1) is 16.0. The summed E-state index contributed by atoms with van der Waals surface area (Å²) in [6.07, 6.45) is 4.92. The van der Waals surface area contributed by atoms with Crippen molar-refractivity contribution in [2.24, 2.45) is 5.92 Å². The van der Waals surface area contributed by atoms with E-state index in [0.717, 1.165) is 51.9 Å². The van der Waals surface area contributed by atoms with Crippen LogP contribution in [0.15, 0.2) is 48.5 Å². The Balaban J connectivity index is 1.64. The smallest absolute Gasteiger partial charge is 0.254 e. The largest absolute Gasteiger partial charge is 0.497 e. The van der Waals surface area contributed by atoms with Crippen molar-refractivity contribution < 1.29 is 14.6 Å². The number of pyridine rings is 1. The van der Waals surface area contributed by atoms with E-state index < -0.39 is 0 Å². The monoisotopic (exact) mass is 442 g/mol. The summed E-state index contributed by atoms with van der Waals surface area (Å²) >= 11 is 0. The minimum atomic E-state index is -0.309. The molecule has 3 aromatic rings. The van der Waals surface area contributed by atoms with Gasteiger partial charge in [-0.25, -0.2) is 4.98 Å². The second kappa shape index (κ2) is 8.99. The number of piperidine rings is 1. The lowest BCUT2D eigenvalue weighted by Gasteiger charge is -2.32. The Bertz CT molecular complexity index is 1210. The molecular formula is C28H30N2O3. The predicted octanol–water partition coefficient (Wildman–Crippen LogP) is 4.96. The fourth-order valence-electron chi connectivity index (χ4n) is 5.11. The first-order valence-electron chi connectivity index (χ1n) is 11.8. The van der Waals surface area contributed by atoms with E-state index in [-0.39, 0.29) is 12.0 Å². The molecule has 0 radical (unpaired) electrons. The number of allylic oxidation sites excluding steroid dienone is 1. The number of aliphatic hydroxyl groups excluding tert-OH is 1. The van der Waals surface area contributed by atoms with Crippen LogP contribution in [0, 0.1) is 5.92 Å². The Morgan fingerprint density at radius 3 is 2.55 bits per heavy atom. The minimum Gasteiger partial charge on any atom is -0.497 e. The molecule has 0 saturated carbocycles. The van der Waals surface area contributed by atoms with E-state index in [4.69, 9.17) is 9.72 Å². The number of aliphatic hydroxyl groups is 1. The summed E-state index contributed by atoms with van der Waals surface area (Å²) in [7, 11) is 1.67. The van der Waals surface area contributed by atoms with Gasteiger partial charge in [0.05, 0.1) is 30.0 Å². The van der Waals surface area contributed by atoms with Crippen LogP contribution >= 0.6 is 0 Å². The number of fused-ring (bicyclic) bond motifs is 2. The number of methoxy groups -OCH3 is 1. The molecule has 5 nitrogen and oxygen atoms in total. The molecule has 33 heavy (non-hydrogen) atoms. The molecular weight excluding hydrogens is 412 g/mol. The normalized spacial score (nSPS) is 20.2. The van der Waals surface area contributed by atoms with Crippen molar-refractivity contribution in [1.29, 1.82) is 0 Å². The molecule has 170 valence electrons. The van der Waals surface area contributed by atoms with E-state index in [1.54, 1.807) is 7.11 Å². The number of hydrogen-bond acceptors (Lipinski definition) is 4. The average Bonchev–Trinajstić information content (AvgIpc) is 2.83. The predicted molar refractivity (Wildman–Crippen MR) is 131 cm³/mol. The molecule has 0 bridgehead atoms. The van der Waals surface area contributed by atoms with Gasteiger partial charge < -0.3 is 14.7 Å². The number of para-hydroxylation sites is 1. The molecule has 5 rings (SSSR count). The molecule has 0 spiro atoms. The fourth-order valence-corrected chi connectivity index (χ4v) is 5.11. The van der Waals surface area contributed by atoms with Crippen molar-refractivity contribution in [3.63, 3.8) is 0 Å². The molecule has 1 N–H and O–H groups in total. The summed E-state index contributed by atoms with van der Waals surface area (Å²) in [6, 6.07) is 16.0. The zero-order valence-electron chi connectivity index (χ0n) is 19.3. The molecule has 1 amide bonds. The highest BCUT2D eigenvalue weighted by molar-refractivity contribution is 6.09. The lowest BCUT2D eigenvalue weighted by atomic mass is 9.80. The summed E-state index contributed by atoms with van der Waals surface area (Å²) in [5, 5.41) is 10.8. The number of likely N-dealkylation sites (tertiary alicyclic amines) is 1. The van der Waals surface area contributed by atoms with Gasteiger partial charge in [-0.15, -0.1) is 0 Å². The van der Waals surface area contributed by atoms with E-state index in [2.05, 4.69) is 25.1 Å². The molecule has 1 unspecified atom stereocenters. The van der Waals surface area contributed by atoms with Gasteiger partial charge in [0.2, 0.25) is 0 Å². The first-order valence-corrected chi connectivity index (χ1v) is 11.8. The van der Waals surface area contributed by atoms with E-state index in [0.29, 0.717) is 31.8 Å². The number of aromatic nitrogens is 1. The van der Waals surface area contributed by atoms with Crippen LogP contribution in [0.2, 0.25) is 0 Å². The maximum Gasteiger partial charge on any atom is 0.254 e. The van der Waals surface area contributed by atoms with E-state index in [9.17, 15) is 9.90 Å². The fraction of sp³-hybridized carbons (Fsp3) is 0.357. The van der Waals surface area contributed by atoms with Crippen LogP contribution in [0.4, 0.5) is 0 Å². The van der Waals surface area contributed by atoms with Crippen molar-refractivity contribution in [3.8, 4) is 5.75 Å². The van der Waals surface area contributed by atoms with Crippen LogP contribution in [0.3, 0.4) is 0 Å². The van der Waals surface area contributed by atoms with Crippen LogP contribution in [0.1, 0.15) is 53.4 Å². The van der Waals surface area contributed by atoms with Crippen LogP contribution in [0.25, 0.3) is 22.6 Å². The highest BCUT2D eigenvalue weighted by atomic mass is 16.5. The molecule has 1 fully saturated rings. The lowest BCUT2D eigenvalue weighted by Crippen LogP contribution is -2.40. The maximum absolute atomic E-state index is 13.8. The molecule has 1 aliphatic carbocycles. The Hall–Kier alpha value is -3.18. The van der Waals surface area contributed by atoms with Crippen LogP contribution in [0.5, 0.6) is 5.75 Å². The molecule has 1 saturated heterocycles. The minimum absolute atomic E-state index is 0.0645. The number of nitrogens with zero attached hydrogens (tertiary/aromatic N) is 2. The van der Waals surface area contributed by atoms with Gasteiger partial charge in [-0.3, -0.25) is 4.79 Å². The summed E-state index contributed by atoms with van der Waals surface area (Å²) in [5.74, 6) is 1.31. The molecule has 1 aromatic heterocycles. The van der Waals surface area contributed by atoms with Gasteiger partial charge in [-0.05, 0) is 72.6 Å². The van der Waals surface area contributed by atoms with Crippen molar-refractivity contribution in [1.82, 2.24) is 9.88 Å². The number of benzene rings is 2.